The lowest BCUT2D eigenvalue weighted by Crippen LogP contribution is -2.53. The normalized spacial score (nSPS) is 21.6. The van der Waals surface area contributed by atoms with Crippen molar-refractivity contribution in [2.24, 2.45) is 5.41 Å². The minimum atomic E-state index is -0.373. The summed E-state index contributed by atoms with van der Waals surface area (Å²) in [6.45, 7) is 4.30. The van der Waals surface area contributed by atoms with E-state index in [1.165, 1.54) is 0 Å². The van der Waals surface area contributed by atoms with Gasteiger partial charge in [0.15, 0.2) is 5.82 Å². The van der Waals surface area contributed by atoms with E-state index in [1.54, 1.807) is 13.4 Å². The number of piperidine rings is 1. The van der Waals surface area contributed by atoms with E-state index in [2.05, 4.69) is 15.5 Å². The van der Waals surface area contributed by atoms with Gasteiger partial charge < -0.3 is 19.5 Å². The number of fused-ring (bicyclic) bond motifs is 1. The van der Waals surface area contributed by atoms with Crippen LogP contribution < -0.4 is 5.32 Å². The summed E-state index contributed by atoms with van der Waals surface area (Å²) in [4.78, 5) is 14.9. The van der Waals surface area contributed by atoms with Gasteiger partial charge in [-0.25, -0.2) is 0 Å². The number of hydrogen-bond donors (Lipinski definition) is 1. The van der Waals surface area contributed by atoms with Gasteiger partial charge in [0, 0.05) is 20.2 Å². The van der Waals surface area contributed by atoms with Crippen LogP contribution in [0.3, 0.4) is 0 Å². The second kappa shape index (κ2) is 5.49. The van der Waals surface area contributed by atoms with Crippen LogP contribution in [0.1, 0.15) is 18.7 Å². The molecule has 7 nitrogen and oxygen atoms in total. The highest BCUT2D eigenvalue weighted by atomic mass is 16.5. The third-order valence-electron chi connectivity index (χ3n) is 4.36. The average Bonchev–Trinajstić information content (AvgIpc) is 2.95. The van der Waals surface area contributed by atoms with Crippen LogP contribution >= 0.6 is 0 Å². The molecule has 0 saturated carbocycles. The van der Waals surface area contributed by atoms with Crippen LogP contribution in [0.25, 0.3) is 0 Å². The second-order valence-electron chi connectivity index (χ2n) is 5.63. The molecule has 1 aromatic heterocycles. The van der Waals surface area contributed by atoms with E-state index in [0.717, 1.165) is 44.8 Å². The summed E-state index contributed by atoms with van der Waals surface area (Å²) in [5.74, 6) is 1.07. The van der Waals surface area contributed by atoms with Gasteiger partial charge in [-0.3, -0.25) is 4.79 Å². The highest BCUT2D eigenvalue weighted by Gasteiger charge is 2.43. The number of methoxy groups -OCH3 is 1. The van der Waals surface area contributed by atoms with E-state index in [-0.39, 0.29) is 11.3 Å². The number of amides is 1. The second-order valence-corrected chi connectivity index (χ2v) is 5.63. The number of ether oxygens (including phenoxy) is 1. The summed E-state index contributed by atoms with van der Waals surface area (Å²) < 4.78 is 7.35. The molecular formula is C13H21N5O2. The van der Waals surface area contributed by atoms with E-state index >= 15 is 0 Å². The maximum Gasteiger partial charge on any atom is 0.231 e. The molecule has 3 rings (SSSR count). The van der Waals surface area contributed by atoms with Crippen molar-refractivity contribution in [2.75, 3.05) is 33.4 Å². The number of carbonyl (C=O) groups is 1. The van der Waals surface area contributed by atoms with Crippen molar-refractivity contribution < 1.29 is 9.53 Å². The molecule has 3 heterocycles. The Labute approximate surface area is 118 Å². The lowest BCUT2D eigenvalue weighted by molar-refractivity contribution is -0.149. The molecular weight excluding hydrogens is 258 g/mol. The zero-order valence-electron chi connectivity index (χ0n) is 11.8. The Hall–Kier alpha value is -1.47. The number of nitrogens with one attached hydrogen (secondary N) is 1. The number of carbonyl (C=O) groups excluding carboxylic acids is 1. The van der Waals surface area contributed by atoms with E-state index < -0.39 is 0 Å². The molecule has 1 N–H and O–H groups in total. The third-order valence-corrected chi connectivity index (χ3v) is 4.36. The average molecular weight is 279 g/mol. The van der Waals surface area contributed by atoms with Gasteiger partial charge in [-0.2, -0.15) is 0 Å². The van der Waals surface area contributed by atoms with Crippen molar-refractivity contribution in [3.63, 3.8) is 0 Å². The fourth-order valence-corrected chi connectivity index (χ4v) is 3.18. The van der Waals surface area contributed by atoms with Crippen molar-refractivity contribution in [3.8, 4) is 0 Å². The molecule has 20 heavy (non-hydrogen) atoms. The van der Waals surface area contributed by atoms with Crippen molar-refractivity contribution in [2.45, 2.75) is 25.9 Å². The van der Waals surface area contributed by atoms with Gasteiger partial charge in [-0.05, 0) is 25.9 Å². The number of rotatable bonds is 3. The van der Waals surface area contributed by atoms with Crippen LogP contribution in [0.15, 0.2) is 6.33 Å². The standard InChI is InChI=1S/C13H21N5O2/c1-20-9-13(2-4-14-5-3-13)12(19)17-6-7-18-10-15-16-11(18)8-17/h10,14H,2-9H2,1H3. The van der Waals surface area contributed by atoms with Crippen molar-refractivity contribution in [1.82, 2.24) is 25.0 Å². The van der Waals surface area contributed by atoms with E-state index in [1.807, 2.05) is 9.47 Å². The smallest absolute Gasteiger partial charge is 0.231 e. The molecule has 1 amide bonds. The Bertz CT molecular complexity index is 475. The lowest BCUT2D eigenvalue weighted by Gasteiger charge is -2.40. The first-order valence-corrected chi connectivity index (χ1v) is 7.11. The first kappa shape index (κ1) is 13.5. The quantitative estimate of drug-likeness (QED) is 0.818. The maximum absolute atomic E-state index is 13.0. The maximum atomic E-state index is 13.0. The largest absolute Gasteiger partial charge is 0.384 e. The predicted octanol–water partition coefficient (Wildman–Crippen LogP) is -0.363. The van der Waals surface area contributed by atoms with Crippen LogP contribution in [0.4, 0.5) is 0 Å². The summed E-state index contributed by atoms with van der Waals surface area (Å²) in [7, 11) is 1.67. The van der Waals surface area contributed by atoms with E-state index in [4.69, 9.17) is 4.74 Å². The van der Waals surface area contributed by atoms with Crippen LogP contribution in [0.2, 0.25) is 0 Å². The SMILES string of the molecule is COCC1(C(=O)N2CCn3cnnc3C2)CCNCC1. The van der Waals surface area contributed by atoms with Gasteiger partial charge in [0.25, 0.3) is 0 Å². The molecule has 0 radical (unpaired) electrons. The van der Waals surface area contributed by atoms with E-state index in [9.17, 15) is 4.79 Å². The summed E-state index contributed by atoms with van der Waals surface area (Å²) >= 11 is 0. The highest BCUT2D eigenvalue weighted by molar-refractivity contribution is 5.83. The fourth-order valence-electron chi connectivity index (χ4n) is 3.18. The first-order chi connectivity index (χ1) is 9.75. The van der Waals surface area contributed by atoms with E-state index in [0.29, 0.717) is 13.2 Å². The van der Waals surface area contributed by atoms with Crippen LogP contribution in [-0.4, -0.2) is 58.9 Å². The first-order valence-electron chi connectivity index (χ1n) is 7.11. The number of hydrogen-bond acceptors (Lipinski definition) is 5. The predicted molar refractivity (Wildman–Crippen MR) is 71.9 cm³/mol. The molecule has 7 heteroatoms. The summed E-state index contributed by atoms with van der Waals surface area (Å²) in [5, 5.41) is 11.3. The summed E-state index contributed by atoms with van der Waals surface area (Å²) in [6, 6.07) is 0. The molecule has 0 aliphatic carbocycles. The minimum absolute atomic E-state index is 0.204. The van der Waals surface area contributed by atoms with Crippen molar-refractivity contribution in [1.29, 1.82) is 0 Å². The van der Waals surface area contributed by atoms with Crippen LogP contribution in [0.5, 0.6) is 0 Å². The minimum Gasteiger partial charge on any atom is -0.384 e. The Morgan fingerprint density at radius 1 is 1.45 bits per heavy atom. The lowest BCUT2D eigenvalue weighted by atomic mass is 9.78. The Kier molecular flexibility index (Phi) is 3.71. The molecule has 110 valence electrons. The highest BCUT2D eigenvalue weighted by Crippen LogP contribution is 2.32. The zero-order chi connectivity index (χ0) is 14.0. The topological polar surface area (TPSA) is 72.3 Å². The third kappa shape index (κ3) is 2.31. The Morgan fingerprint density at radius 2 is 2.25 bits per heavy atom. The molecule has 1 fully saturated rings. The van der Waals surface area contributed by atoms with Crippen molar-refractivity contribution in [3.05, 3.63) is 12.2 Å². The molecule has 0 aromatic carbocycles. The Balaban J connectivity index is 1.77. The number of aromatic nitrogens is 3. The molecule has 2 aliphatic heterocycles. The van der Waals surface area contributed by atoms with Crippen LogP contribution in [0, 0.1) is 5.41 Å². The molecule has 0 spiro atoms. The summed E-state index contributed by atoms with van der Waals surface area (Å²) in [5.41, 5.74) is -0.373. The zero-order valence-corrected chi connectivity index (χ0v) is 11.8. The molecule has 0 bridgehead atoms. The Morgan fingerprint density at radius 3 is 3.00 bits per heavy atom. The van der Waals surface area contributed by atoms with Gasteiger partial charge in [0.2, 0.25) is 5.91 Å². The number of nitrogens with zero attached hydrogens (tertiary/aromatic N) is 4. The van der Waals surface area contributed by atoms with Gasteiger partial charge in [0.1, 0.15) is 6.33 Å². The van der Waals surface area contributed by atoms with Gasteiger partial charge >= 0.3 is 0 Å². The van der Waals surface area contributed by atoms with Gasteiger partial charge in [-0.15, -0.1) is 10.2 Å². The summed E-state index contributed by atoms with van der Waals surface area (Å²) in [6.07, 6.45) is 3.40. The van der Waals surface area contributed by atoms with Gasteiger partial charge in [-0.1, -0.05) is 0 Å². The monoisotopic (exact) mass is 279 g/mol. The fraction of sp³-hybridized carbons (Fsp3) is 0.769. The van der Waals surface area contributed by atoms with Crippen molar-refractivity contribution >= 4 is 5.91 Å². The molecule has 0 atom stereocenters. The molecule has 1 aromatic rings. The molecule has 1 saturated heterocycles. The van der Waals surface area contributed by atoms with Crippen LogP contribution in [-0.2, 0) is 22.6 Å². The molecule has 2 aliphatic rings. The van der Waals surface area contributed by atoms with Gasteiger partial charge in [0.05, 0.1) is 18.6 Å². The molecule has 0 unspecified atom stereocenters.